The molecule has 0 saturated carbocycles. The number of carbonyl (C=O) groups is 1. The first-order chi connectivity index (χ1) is 11.6. The number of benzene rings is 1. The highest BCUT2D eigenvalue weighted by Gasteiger charge is 2.17. The van der Waals surface area contributed by atoms with Crippen molar-refractivity contribution in [1.82, 2.24) is 24.3 Å². The van der Waals surface area contributed by atoms with E-state index in [4.69, 9.17) is 0 Å². The van der Waals surface area contributed by atoms with Crippen LogP contribution in [0.4, 0.5) is 5.69 Å². The van der Waals surface area contributed by atoms with E-state index in [9.17, 15) is 9.59 Å². The molecule has 24 heavy (non-hydrogen) atoms. The van der Waals surface area contributed by atoms with Crippen molar-refractivity contribution in [2.45, 2.75) is 0 Å². The summed E-state index contributed by atoms with van der Waals surface area (Å²) < 4.78 is 3.47. The Balaban J connectivity index is 1.68. The molecule has 3 heterocycles. The van der Waals surface area contributed by atoms with Gasteiger partial charge in [0.25, 0.3) is 5.91 Å². The normalized spacial score (nSPS) is 11.0. The van der Waals surface area contributed by atoms with Gasteiger partial charge < -0.3 is 19.9 Å². The topological polar surface area (TPSA) is 100 Å². The molecule has 8 heteroatoms. The lowest BCUT2D eigenvalue weighted by atomic mass is 10.2. The molecule has 4 rings (SSSR count). The quantitative estimate of drug-likeness (QED) is 0.534. The van der Waals surface area contributed by atoms with Gasteiger partial charge in [0, 0.05) is 25.1 Å². The van der Waals surface area contributed by atoms with E-state index in [2.05, 4.69) is 20.4 Å². The van der Waals surface area contributed by atoms with Crippen molar-refractivity contribution in [3.8, 4) is 5.82 Å². The zero-order chi connectivity index (χ0) is 16.7. The van der Waals surface area contributed by atoms with Gasteiger partial charge in [0.05, 0.1) is 17.2 Å². The minimum absolute atomic E-state index is 0.274. The van der Waals surface area contributed by atoms with E-state index in [0.717, 1.165) is 0 Å². The molecule has 0 aliphatic carbocycles. The molecule has 0 aliphatic heterocycles. The number of hydrogen-bond donors (Lipinski definition) is 3. The minimum Gasteiger partial charge on any atom is -0.322 e. The number of nitrogens with one attached hydrogen (secondary N) is 3. The molecule has 3 N–H and O–H groups in total. The van der Waals surface area contributed by atoms with Crippen molar-refractivity contribution in [3.05, 3.63) is 65.0 Å². The smallest absolute Gasteiger partial charge is 0.322 e. The summed E-state index contributed by atoms with van der Waals surface area (Å²) in [5, 5.41) is 7.00. The SMILES string of the molecule is Cn1ncc(C(=O)Nc2ccc3[nH]c(=O)[nH]c3c2)c1-n1cccc1. The summed E-state index contributed by atoms with van der Waals surface area (Å²) in [6.45, 7) is 0. The van der Waals surface area contributed by atoms with Crippen molar-refractivity contribution in [2.75, 3.05) is 5.32 Å². The number of imidazole rings is 1. The fourth-order valence-electron chi connectivity index (χ4n) is 2.68. The summed E-state index contributed by atoms with van der Waals surface area (Å²) in [5.74, 6) is 0.401. The van der Waals surface area contributed by atoms with Crippen LogP contribution in [0.15, 0.2) is 53.7 Å². The predicted molar refractivity (Wildman–Crippen MR) is 89.4 cm³/mol. The first kappa shape index (κ1) is 14.1. The van der Waals surface area contributed by atoms with Crippen LogP contribution in [0.25, 0.3) is 16.9 Å². The van der Waals surface area contributed by atoms with Gasteiger partial charge in [0.1, 0.15) is 11.4 Å². The number of nitrogens with zero attached hydrogens (tertiary/aromatic N) is 3. The monoisotopic (exact) mass is 322 g/mol. The van der Waals surface area contributed by atoms with Crippen LogP contribution in [-0.2, 0) is 7.05 Å². The molecule has 1 amide bonds. The van der Waals surface area contributed by atoms with Crippen molar-refractivity contribution in [1.29, 1.82) is 0 Å². The first-order valence-corrected chi connectivity index (χ1v) is 7.30. The Hall–Kier alpha value is -3.55. The molecule has 0 fully saturated rings. The van der Waals surface area contributed by atoms with E-state index < -0.39 is 0 Å². The molecule has 0 bridgehead atoms. The second kappa shape index (κ2) is 5.27. The van der Waals surface area contributed by atoms with Crippen LogP contribution in [0.5, 0.6) is 0 Å². The van der Waals surface area contributed by atoms with Crippen molar-refractivity contribution in [2.24, 2.45) is 7.05 Å². The highest BCUT2D eigenvalue weighted by Crippen LogP contribution is 2.18. The standard InChI is InChI=1S/C16H14N6O2/c1-21-15(22-6-2-3-7-22)11(9-17-21)14(23)18-10-4-5-12-13(8-10)20-16(24)19-12/h2-9H,1H3,(H,18,23)(H2,19,20,24). The Bertz CT molecular complexity index is 1080. The lowest BCUT2D eigenvalue weighted by Crippen LogP contribution is -2.14. The van der Waals surface area contributed by atoms with Crippen LogP contribution in [0.1, 0.15) is 10.4 Å². The van der Waals surface area contributed by atoms with E-state index in [1.807, 2.05) is 29.1 Å². The third-order valence-corrected chi connectivity index (χ3v) is 3.77. The van der Waals surface area contributed by atoms with Gasteiger partial charge in [-0.1, -0.05) is 0 Å². The Kier molecular flexibility index (Phi) is 3.09. The number of fused-ring (bicyclic) bond motifs is 1. The Labute approximate surface area is 135 Å². The average Bonchev–Trinajstić information content (AvgIpc) is 3.25. The van der Waals surface area contributed by atoms with Gasteiger partial charge in [-0.2, -0.15) is 5.10 Å². The van der Waals surface area contributed by atoms with E-state index in [1.54, 1.807) is 29.9 Å². The molecule has 1 aromatic carbocycles. The van der Waals surface area contributed by atoms with E-state index in [0.29, 0.717) is 28.1 Å². The van der Waals surface area contributed by atoms with E-state index in [1.165, 1.54) is 6.20 Å². The molecule has 0 unspecified atom stereocenters. The van der Waals surface area contributed by atoms with Gasteiger partial charge in [0.15, 0.2) is 0 Å². The lowest BCUT2D eigenvalue weighted by Gasteiger charge is -2.08. The number of hydrogen-bond acceptors (Lipinski definition) is 3. The van der Waals surface area contributed by atoms with Gasteiger partial charge >= 0.3 is 5.69 Å². The Morgan fingerprint density at radius 1 is 1.17 bits per heavy atom. The molecular weight excluding hydrogens is 308 g/mol. The summed E-state index contributed by atoms with van der Waals surface area (Å²) in [7, 11) is 1.78. The third kappa shape index (κ3) is 2.30. The largest absolute Gasteiger partial charge is 0.323 e. The zero-order valence-corrected chi connectivity index (χ0v) is 12.8. The van der Waals surface area contributed by atoms with Crippen molar-refractivity contribution in [3.63, 3.8) is 0 Å². The number of aromatic amines is 2. The second-order valence-electron chi connectivity index (χ2n) is 5.39. The van der Waals surface area contributed by atoms with Gasteiger partial charge in [-0.15, -0.1) is 0 Å². The summed E-state index contributed by atoms with van der Waals surface area (Å²) in [5.41, 5.74) is 2.08. The minimum atomic E-state index is -0.282. The molecule has 0 spiro atoms. The van der Waals surface area contributed by atoms with Crippen LogP contribution < -0.4 is 11.0 Å². The van der Waals surface area contributed by atoms with Crippen LogP contribution in [0.2, 0.25) is 0 Å². The summed E-state index contributed by atoms with van der Waals surface area (Å²) >= 11 is 0. The molecule has 0 aliphatic rings. The first-order valence-electron chi connectivity index (χ1n) is 7.30. The highest BCUT2D eigenvalue weighted by molar-refractivity contribution is 6.06. The molecule has 3 aromatic heterocycles. The third-order valence-electron chi connectivity index (χ3n) is 3.77. The number of amides is 1. The van der Waals surface area contributed by atoms with Crippen LogP contribution in [0, 0.1) is 0 Å². The molecule has 8 nitrogen and oxygen atoms in total. The molecular formula is C16H14N6O2. The molecule has 4 aromatic rings. The zero-order valence-electron chi connectivity index (χ0n) is 12.8. The number of rotatable bonds is 3. The van der Waals surface area contributed by atoms with Gasteiger partial charge in [-0.3, -0.25) is 9.48 Å². The Morgan fingerprint density at radius 3 is 2.71 bits per heavy atom. The lowest BCUT2D eigenvalue weighted by molar-refractivity contribution is 0.102. The molecule has 0 radical (unpaired) electrons. The number of aryl methyl sites for hydroxylation is 1. The summed E-state index contributed by atoms with van der Waals surface area (Å²) in [6.07, 6.45) is 5.23. The van der Waals surface area contributed by atoms with Crippen LogP contribution in [0.3, 0.4) is 0 Å². The fraction of sp³-hybridized carbons (Fsp3) is 0.0625. The Morgan fingerprint density at radius 2 is 1.92 bits per heavy atom. The van der Waals surface area contributed by atoms with Gasteiger partial charge in [-0.25, -0.2) is 4.79 Å². The van der Waals surface area contributed by atoms with Crippen molar-refractivity contribution < 1.29 is 4.79 Å². The van der Waals surface area contributed by atoms with Crippen LogP contribution in [-0.4, -0.2) is 30.2 Å². The second-order valence-corrected chi connectivity index (χ2v) is 5.39. The maximum atomic E-state index is 12.6. The number of H-pyrrole nitrogens is 2. The maximum Gasteiger partial charge on any atom is 0.323 e. The highest BCUT2D eigenvalue weighted by atomic mass is 16.2. The number of carbonyl (C=O) groups excluding carboxylic acids is 1. The fourth-order valence-corrected chi connectivity index (χ4v) is 2.68. The van der Waals surface area contributed by atoms with E-state index in [-0.39, 0.29) is 11.6 Å². The summed E-state index contributed by atoms with van der Waals surface area (Å²) in [4.78, 5) is 29.3. The van der Waals surface area contributed by atoms with E-state index >= 15 is 0 Å². The number of aromatic nitrogens is 5. The molecule has 0 atom stereocenters. The summed E-state index contributed by atoms with van der Waals surface area (Å²) in [6, 6.07) is 8.93. The maximum absolute atomic E-state index is 12.6. The van der Waals surface area contributed by atoms with Crippen molar-refractivity contribution >= 4 is 22.6 Å². The number of anilines is 1. The van der Waals surface area contributed by atoms with Crippen LogP contribution >= 0.6 is 0 Å². The molecule has 120 valence electrons. The molecule has 0 saturated heterocycles. The van der Waals surface area contributed by atoms with Gasteiger partial charge in [-0.05, 0) is 30.3 Å². The predicted octanol–water partition coefficient (Wildman–Crippen LogP) is 1.63. The van der Waals surface area contributed by atoms with Gasteiger partial charge in [0.2, 0.25) is 0 Å². The average molecular weight is 322 g/mol.